The quantitative estimate of drug-likeness (QED) is 0.491. The highest BCUT2D eigenvalue weighted by Crippen LogP contribution is 2.32. The molecule has 1 aliphatic carbocycles. The molecule has 0 saturated carbocycles. The van der Waals surface area contributed by atoms with Gasteiger partial charge < -0.3 is 10.4 Å². The van der Waals surface area contributed by atoms with Crippen LogP contribution in [0.15, 0.2) is 23.0 Å². The van der Waals surface area contributed by atoms with E-state index in [1.165, 1.54) is 4.57 Å². The van der Waals surface area contributed by atoms with Gasteiger partial charge >= 0.3 is 0 Å². The van der Waals surface area contributed by atoms with Crippen molar-refractivity contribution in [3.63, 3.8) is 0 Å². The van der Waals surface area contributed by atoms with E-state index >= 15 is 0 Å². The van der Waals surface area contributed by atoms with Gasteiger partial charge in [0.05, 0.1) is 29.5 Å². The molecule has 0 aliphatic heterocycles. The fourth-order valence-electron chi connectivity index (χ4n) is 3.32. The van der Waals surface area contributed by atoms with Gasteiger partial charge in [-0.2, -0.15) is 0 Å². The molecule has 1 heterocycles. The molecule has 1 aromatic carbocycles. The Hall–Kier alpha value is -2.35. The molecule has 8 heteroatoms. The third-order valence-corrected chi connectivity index (χ3v) is 4.93. The first-order valence-electron chi connectivity index (χ1n) is 9.75. The molecule has 0 fully saturated rings. The van der Waals surface area contributed by atoms with Crippen LogP contribution in [0.5, 0.6) is 0 Å². The summed E-state index contributed by atoms with van der Waals surface area (Å²) in [7, 11) is 1.62. The number of nitrogens with zero attached hydrogens (tertiary/aromatic N) is 1. The maximum absolute atomic E-state index is 12.8. The first-order chi connectivity index (χ1) is 13.9. The van der Waals surface area contributed by atoms with Gasteiger partial charge in [0, 0.05) is 12.6 Å². The van der Waals surface area contributed by atoms with Crippen LogP contribution in [-0.4, -0.2) is 28.8 Å². The number of halogens is 1. The largest absolute Gasteiger partial charge is 0.394 e. The molecule has 3 N–H and O–H groups in total. The molecule has 0 bridgehead atoms. The van der Waals surface area contributed by atoms with Crippen LogP contribution in [0.4, 0.5) is 11.5 Å². The summed E-state index contributed by atoms with van der Waals surface area (Å²) in [4.78, 5) is 30.5. The number of carbonyl (C=O) groups excluding carboxylic acids is 1. The van der Waals surface area contributed by atoms with E-state index in [-0.39, 0.29) is 18.8 Å². The van der Waals surface area contributed by atoms with Gasteiger partial charge in [-0.15, -0.1) is 0 Å². The number of carbonyl (C=O) groups is 1. The SMILES string of the molecule is CC.Cc1ccc(Nc2c(C(=O)NOCCO)c3c(c(=O)n2C)CCC3)c(Cl)c1. The van der Waals surface area contributed by atoms with E-state index in [9.17, 15) is 9.59 Å². The van der Waals surface area contributed by atoms with Gasteiger partial charge in [-0.05, 0) is 49.4 Å². The lowest BCUT2D eigenvalue weighted by Crippen LogP contribution is -2.32. The Kier molecular flexibility index (Phi) is 8.25. The second-order valence-electron chi connectivity index (χ2n) is 6.51. The summed E-state index contributed by atoms with van der Waals surface area (Å²) in [5.41, 5.74) is 5.56. The average molecular weight is 422 g/mol. The van der Waals surface area contributed by atoms with E-state index in [2.05, 4.69) is 10.8 Å². The number of aromatic nitrogens is 1. The molecule has 2 aromatic rings. The van der Waals surface area contributed by atoms with Gasteiger partial charge in [0.1, 0.15) is 5.82 Å². The number of benzene rings is 1. The number of fused-ring (bicyclic) bond motifs is 1. The number of aliphatic hydroxyl groups excluding tert-OH is 1. The van der Waals surface area contributed by atoms with Crippen LogP contribution < -0.4 is 16.4 Å². The van der Waals surface area contributed by atoms with Crippen molar-refractivity contribution in [1.82, 2.24) is 10.0 Å². The topological polar surface area (TPSA) is 92.6 Å². The molecule has 1 aromatic heterocycles. The number of aliphatic hydroxyl groups is 1. The predicted molar refractivity (Wildman–Crippen MR) is 115 cm³/mol. The fraction of sp³-hybridized carbons (Fsp3) is 0.429. The maximum atomic E-state index is 12.8. The van der Waals surface area contributed by atoms with Gasteiger partial charge in [-0.25, -0.2) is 5.48 Å². The number of hydrogen-bond acceptors (Lipinski definition) is 5. The van der Waals surface area contributed by atoms with Crippen LogP contribution in [0.1, 0.15) is 47.3 Å². The number of nitrogens with one attached hydrogen (secondary N) is 2. The lowest BCUT2D eigenvalue weighted by Gasteiger charge is -2.20. The third-order valence-electron chi connectivity index (χ3n) is 4.62. The molecule has 0 unspecified atom stereocenters. The van der Waals surface area contributed by atoms with E-state index in [0.717, 1.165) is 17.5 Å². The minimum absolute atomic E-state index is 0.0216. The Balaban J connectivity index is 0.00000145. The van der Waals surface area contributed by atoms with Crippen LogP contribution in [-0.2, 0) is 24.7 Å². The van der Waals surface area contributed by atoms with Crippen molar-refractivity contribution in [2.75, 3.05) is 18.5 Å². The maximum Gasteiger partial charge on any atom is 0.278 e. The Labute approximate surface area is 175 Å². The van der Waals surface area contributed by atoms with Crippen LogP contribution in [0.25, 0.3) is 0 Å². The third kappa shape index (κ3) is 4.98. The predicted octanol–water partition coefficient (Wildman–Crippen LogP) is 3.26. The van der Waals surface area contributed by atoms with Crippen LogP contribution in [0, 0.1) is 6.92 Å². The summed E-state index contributed by atoms with van der Waals surface area (Å²) >= 11 is 6.32. The average Bonchev–Trinajstić information content (AvgIpc) is 3.19. The van der Waals surface area contributed by atoms with Crippen molar-refractivity contribution in [2.45, 2.75) is 40.0 Å². The standard InChI is InChI=1S/C19H22ClN3O4.C2H6/c1-11-6-7-15(14(20)10-11)21-17-16(18(25)22-27-9-8-24)12-4-3-5-13(12)19(26)23(17)2;1-2/h6-7,10,21,24H,3-5,8-9H2,1-2H3,(H,22,25);1-2H3. The first-order valence-corrected chi connectivity index (χ1v) is 10.1. The molecule has 0 saturated heterocycles. The molecular weight excluding hydrogens is 394 g/mol. The molecule has 158 valence electrons. The van der Waals surface area contributed by atoms with Crippen molar-refractivity contribution in [3.8, 4) is 0 Å². The summed E-state index contributed by atoms with van der Waals surface area (Å²) in [5, 5.41) is 12.5. The van der Waals surface area contributed by atoms with Crippen LogP contribution in [0.3, 0.4) is 0 Å². The van der Waals surface area contributed by atoms with Crippen LogP contribution >= 0.6 is 11.6 Å². The van der Waals surface area contributed by atoms with Gasteiger partial charge in [0.2, 0.25) is 0 Å². The summed E-state index contributed by atoms with van der Waals surface area (Å²) in [6, 6.07) is 5.50. The van der Waals surface area contributed by atoms with Gasteiger partial charge in [-0.1, -0.05) is 31.5 Å². The van der Waals surface area contributed by atoms with Crippen LogP contribution in [0.2, 0.25) is 5.02 Å². The fourth-order valence-corrected chi connectivity index (χ4v) is 3.61. The highest BCUT2D eigenvalue weighted by Gasteiger charge is 2.28. The summed E-state index contributed by atoms with van der Waals surface area (Å²) in [6.07, 6.45) is 2.10. The Morgan fingerprint density at radius 1 is 1.28 bits per heavy atom. The van der Waals surface area contributed by atoms with E-state index in [0.29, 0.717) is 40.5 Å². The molecule has 3 rings (SSSR count). The number of amides is 1. The molecule has 1 aliphatic rings. The molecule has 0 spiro atoms. The number of hydrogen-bond donors (Lipinski definition) is 3. The zero-order valence-electron chi connectivity index (χ0n) is 17.3. The number of anilines is 2. The first kappa shape index (κ1) is 22.9. The second-order valence-corrected chi connectivity index (χ2v) is 6.92. The number of hydroxylamine groups is 1. The smallest absolute Gasteiger partial charge is 0.278 e. The van der Waals surface area contributed by atoms with E-state index in [1.54, 1.807) is 19.2 Å². The normalized spacial score (nSPS) is 12.1. The van der Waals surface area contributed by atoms with E-state index in [4.69, 9.17) is 21.5 Å². The number of rotatable bonds is 6. The second kappa shape index (κ2) is 10.4. The number of pyridine rings is 1. The van der Waals surface area contributed by atoms with Gasteiger partial charge in [0.15, 0.2) is 0 Å². The lowest BCUT2D eigenvalue weighted by atomic mass is 10.0. The van der Waals surface area contributed by atoms with E-state index in [1.807, 2.05) is 26.8 Å². The molecule has 0 atom stereocenters. The van der Waals surface area contributed by atoms with Crippen molar-refractivity contribution in [2.24, 2.45) is 7.05 Å². The zero-order chi connectivity index (χ0) is 21.6. The molecular formula is C21H28ClN3O4. The summed E-state index contributed by atoms with van der Waals surface area (Å²) < 4.78 is 1.43. The van der Waals surface area contributed by atoms with Gasteiger partial charge in [-0.3, -0.25) is 19.0 Å². The monoisotopic (exact) mass is 421 g/mol. The minimum Gasteiger partial charge on any atom is -0.394 e. The van der Waals surface area contributed by atoms with Crippen molar-refractivity contribution < 1.29 is 14.7 Å². The van der Waals surface area contributed by atoms with E-state index < -0.39 is 5.91 Å². The molecule has 1 amide bonds. The summed E-state index contributed by atoms with van der Waals surface area (Å²) in [6.45, 7) is 5.69. The minimum atomic E-state index is -0.470. The molecule has 0 radical (unpaired) electrons. The Morgan fingerprint density at radius 2 is 1.97 bits per heavy atom. The lowest BCUT2D eigenvalue weighted by molar-refractivity contribution is 0.0168. The van der Waals surface area contributed by atoms with Crippen molar-refractivity contribution in [1.29, 1.82) is 0 Å². The zero-order valence-corrected chi connectivity index (χ0v) is 18.0. The van der Waals surface area contributed by atoms with Gasteiger partial charge in [0.25, 0.3) is 11.5 Å². The number of aryl methyl sites for hydroxylation is 1. The molecule has 7 nitrogen and oxygen atoms in total. The Bertz CT molecular complexity index is 940. The highest BCUT2D eigenvalue weighted by molar-refractivity contribution is 6.33. The molecule has 29 heavy (non-hydrogen) atoms. The van der Waals surface area contributed by atoms with Crippen molar-refractivity contribution in [3.05, 3.63) is 55.8 Å². The highest BCUT2D eigenvalue weighted by atomic mass is 35.5. The summed E-state index contributed by atoms with van der Waals surface area (Å²) in [5.74, 6) is -0.112. The van der Waals surface area contributed by atoms with Crippen molar-refractivity contribution >= 4 is 29.0 Å². The Morgan fingerprint density at radius 3 is 2.62 bits per heavy atom.